The second kappa shape index (κ2) is 10.4. The van der Waals surface area contributed by atoms with Gasteiger partial charge in [-0.25, -0.2) is 0 Å². The summed E-state index contributed by atoms with van der Waals surface area (Å²) >= 11 is 0. The van der Waals surface area contributed by atoms with Gasteiger partial charge in [-0.1, -0.05) is 80.6 Å². The number of hydrogen-bond acceptors (Lipinski definition) is 3. The zero-order chi connectivity index (χ0) is 21.3. The van der Waals surface area contributed by atoms with Crippen molar-refractivity contribution in [2.45, 2.75) is 26.9 Å². The standard InChI is InChI=1S/C27H28O3/c1-20(2)17-21-9-13-24(14-10-21)25(28)15-11-22-12-16-26(27(18-22)29-3)30-19-23-7-5-4-6-8-23/h4-16,18,20H,17,19H2,1-3H3/b15-11+. The maximum atomic E-state index is 12.5. The molecule has 3 heteroatoms. The Labute approximate surface area is 179 Å². The monoisotopic (exact) mass is 400 g/mol. The molecule has 0 bridgehead atoms. The summed E-state index contributed by atoms with van der Waals surface area (Å²) in [6, 6.07) is 23.5. The van der Waals surface area contributed by atoms with E-state index in [1.54, 1.807) is 19.3 Å². The third-order valence-electron chi connectivity index (χ3n) is 4.73. The first-order valence-corrected chi connectivity index (χ1v) is 10.2. The number of hydrogen-bond donors (Lipinski definition) is 0. The Kier molecular flexibility index (Phi) is 7.45. The Morgan fingerprint density at radius 3 is 2.30 bits per heavy atom. The van der Waals surface area contributed by atoms with Gasteiger partial charge in [-0.3, -0.25) is 4.79 Å². The molecule has 0 atom stereocenters. The predicted molar refractivity (Wildman–Crippen MR) is 122 cm³/mol. The maximum absolute atomic E-state index is 12.5. The number of benzene rings is 3. The van der Waals surface area contributed by atoms with Crippen molar-refractivity contribution >= 4 is 11.9 Å². The van der Waals surface area contributed by atoms with Gasteiger partial charge in [0.15, 0.2) is 17.3 Å². The summed E-state index contributed by atoms with van der Waals surface area (Å²) in [4.78, 5) is 12.5. The zero-order valence-electron chi connectivity index (χ0n) is 17.8. The van der Waals surface area contributed by atoms with Crippen molar-refractivity contribution in [1.29, 1.82) is 0 Å². The smallest absolute Gasteiger partial charge is 0.185 e. The van der Waals surface area contributed by atoms with E-state index in [0.29, 0.717) is 29.6 Å². The highest BCUT2D eigenvalue weighted by atomic mass is 16.5. The first-order valence-electron chi connectivity index (χ1n) is 10.2. The molecule has 3 rings (SSSR count). The number of allylic oxidation sites excluding steroid dienone is 1. The van der Waals surface area contributed by atoms with Crippen molar-refractivity contribution in [3.05, 3.63) is 101 Å². The number of carbonyl (C=O) groups excluding carboxylic acids is 1. The van der Waals surface area contributed by atoms with Gasteiger partial charge in [-0.2, -0.15) is 0 Å². The lowest BCUT2D eigenvalue weighted by atomic mass is 10.0. The molecule has 0 saturated heterocycles. The SMILES string of the molecule is COc1cc(/C=C/C(=O)c2ccc(CC(C)C)cc2)ccc1OCc1ccccc1. The van der Waals surface area contributed by atoms with E-state index in [1.165, 1.54) is 5.56 Å². The van der Waals surface area contributed by atoms with E-state index >= 15 is 0 Å². The third kappa shape index (κ3) is 6.08. The number of ketones is 1. The average Bonchev–Trinajstić information content (AvgIpc) is 2.77. The molecule has 0 aliphatic rings. The lowest BCUT2D eigenvalue weighted by Crippen LogP contribution is -1.98. The van der Waals surface area contributed by atoms with Crippen LogP contribution in [0.4, 0.5) is 0 Å². The molecule has 3 aromatic carbocycles. The fourth-order valence-electron chi connectivity index (χ4n) is 3.19. The van der Waals surface area contributed by atoms with Crippen LogP contribution in [0.5, 0.6) is 11.5 Å². The molecule has 0 N–H and O–H groups in total. The minimum atomic E-state index is -0.0190. The van der Waals surface area contributed by atoms with Crippen LogP contribution in [0.3, 0.4) is 0 Å². The van der Waals surface area contributed by atoms with Crippen LogP contribution in [-0.4, -0.2) is 12.9 Å². The first kappa shape index (κ1) is 21.4. The van der Waals surface area contributed by atoms with Gasteiger partial charge >= 0.3 is 0 Å². The number of ether oxygens (including phenoxy) is 2. The molecule has 0 saturated carbocycles. The molecular formula is C27H28O3. The molecular weight excluding hydrogens is 372 g/mol. The van der Waals surface area contributed by atoms with Gasteiger partial charge in [0.2, 0.25) is 0 Å². The minimum Gasteiger partial charge on any atom is -0.493 e. The van der Waals surface area contributed by atoms with E-state index in [-0.39, 0.29) is 5.78 Å². The van der Waals surface area contributed by atoms with Crippen LogP contribution in [0.2, 0.25) is 0 Å². The van der Waals surface area contributed by atoms with Crippen molar-refractivity contribution in [3.63, 3.8) is 0 Å². The summed E-state index contributed by atoms with van der Waals surface area (Å²) < 4.78 is 11.4. The van der Waals surface area contributed by atoms with E-state index in [4.69, 9.17) is 9.47 Å². The van der Waals surface area contributed by atoms with E-state index in [2.05, 4.69) is 13.8 Å². The normalized spacial score (nSPS) is 11.1. The van der Waals surface area contributed by atoms with Crippen LogP contribution in [0, 0.1) is 5.92 Å². The topological polar surface area (TPSA) is 35.5 Å². The fraction of sp³-hybridized carbons (Fsp3) is 0.222. The van der Waals surface area contributed by atoms with Gasteiger partial charge in [-0.15, -0.1) is 0 Å². The second-order valence-electron chi connectivity index (χ2n) is 7.68. The number of methoxy groups -OCH3 is 1. The van der Waals surface area contributed by atoms with Crippen LogP contribution >= 0.6 is 0 Å². The molecule has 0 amide bonds. The maximum Gasteiger partial charge on any atom is 0.185 e. The molecule has 0 aromatic heterocycles. The second-order valence-corrected chi connectivity index (χ2v) is 7.68. The molecule has 0 unspecified atom stereocenters. The first-order chi connectivity index (χ1) is 14.5. The summed E-state index contributed by atoms with van der Waals surface area (Å²) in [6.45, 7) is 4.85. The van der Waals surface area contributed by atoms with E-state index in [1.807, 2.05) is 72.8 Å². The van der Waals surface area contributed by atoms with Crippen molar-refractivity contribution < 1.29 is 14.3 Å². The zero-order valence-corrected chi connectivity index (χ0v) is 17.8. The molecule has 154 valence electrons. The molecule has 0 heterocycles. The summed E-state index contributed by atoms with van der Waals surface area (Å²) in [6.07, 6.45) is 4.41. The van der Waals surface area contributed by atoms with Crippen molar-refractivity contribution in [1.82, 2.24) is 0 Å². The van der Waals surface area contributed by atoms with Crippen LogP contribution < -0.4 is 9.47 Å². The Hall–Kier alpha value is -3.33. The number of rotatable bonds is 9. The van der Waals surface area contributed by atoms with Gasteiger partial charge in [-0.05, 0) is 47.2 Å². The van der Waals surface area contributed by atoms with Gasteiger partial charge in [0, 0.05) is 5.56 Å². The summed E-state index contributed by atoms with van der Waals surface area (Å²) in [5.41, 5.74) is 3.91. The van der Waals surface area contributed by atoms with Gasteiger partial charge in [0.25, 0.3) is 0 Å². The predicted octanol–water partition coefficient (Wildman–Crippen LogP) is 6.37. The molecule has 3 nitrogen and oxygen atoms in total. The highest BCUT2D eigenvalue weighted by Crippen LogP contribution is 2.29. The summed E-state index contributed by atoms with van der Waals surface area (Å²) in [5, 5.41) is 0. The summed E-state index contributed by atoms with van der Waals surface area (Å²) in [7, 11) is 1.61. The van der Waals surface area contributed by atoms with Crippen molar-refractivity contribution in [2.75, 3.05) is 7.11 Å². The highest BCUT2D eigenvalue weighted by Gasteiger charge is 2.07. The van der Waals surface area contributed by atoms with Crippen LogP contribution in [0.25, 0.3) is 6.08 Å². The van der Waals surface area contributed by atoms with Gasteiger partial charge in [0.05, 0.1) is 7.11 Å². The molecule has 0 fully saturated rings. The van der Waals surface area contributed by atoms with Crippen LogP contribution in [0.15, 0.2) is 78.9 Å². The minimum absolute atomic E-state index is 0.0190. The molecule has 3 aromatic rings. The quantitative estimate of drug-likeness (QED) is 0.309. The molecule has 30 heavy (non-hydrogen) atoms. The fourth-order valence-corrected chi connectivity index (χ4v) is 3.19. The molecule has 0 spiro atoms. The molecule has 0 radical (unpaired) electrons. The van der Waals surface area contributed by atoms with Gasteiger partial charge in [0.1, 0.15) is 6.61 Å². The van der Waals surface area contributed by atoms with Gasteiger partial charge < -0.3 is 9.47 Å². The Bertz CT molecular complexity index is 986. The van der Waals surface area contributed by atoms with Crippen molar-refractivity contribution in [2.24, 2.45) is 5.92 Å². The lowest BCUT2D eigenvalue weighted by Gasteiger charge is -2.11. The summed E-state index contributed by atoms with van der Waals surface area (Å²) in [5.74, 6) is 1.89. The highest BCUT2D eigenvalue weighted by molar-refractivity contribution is 6.06. The molecule has 0 aliphatic heterocycles. The number of carbonyl (C=O) groups is 1. The van der Waals surface area contributed by atoms with E-state index in [0.717, 1.165) is 17.5 Å². The Morgan fingerprint density at radius 1 is 0.900 bits per heavy atom. The Morgan fingerprint density at radius 2 is 1.63 bits per heavy atom. The molecule has 0 aliphatic carbocycles. The third-order valence-corrected chi connectivity index (χ3v) is 4.73. The van der Waals surface area contributed by atoms with Crippen LogP contribution in [-0.2, 0) is 13.0 Å². The lowest BCUT2D eigenvalue weighted by molar-refractivity contribution is 0.104. The van der Waals surface area contributed by atoms with E-state index in [9.17, 15) is 4.79 Å². The van der Waals surface area contributed by atoms with E-state index < -0.39 is 0 Å². The average molecular weight is 401 g/mol. The Balaban J connectivity index is 1.65. The van der Waals surface area contributed by atoms with Crippen LogP contribution in [0.1, 0.15) is 40.9 Å². The largest absolute Gasteiger partial charge is 0.493 e. The van der Waals surface area contributed by atoms with Crippen molar-refractivity contribution in [3.8, 4) is 11.5 Å².